The minimum atomic E-state index is 0.538. The summed E-state index contributed by atoms with van der Waals surface area (Å²) in [7, 11) is 1.92. The van der Waals surface area contributed by atoms with Crippen LogP contribution in [0.2, 0.25) is 0 Å². The van der Waals surface area contributed by atoms with Gasteiger partial charge in [-0.25, -0.2) is 4.98 Å². The Morgan fingerprint density at radius 2 is 2.21 bits per heavy atom. The van der Waals surface area contributed by atoms with Crippen molar-refractivity contribution in [2.45, 2.75) is 13.3 Å². The smallest absolute Gasteiger partial charge is 0.115 e. The zero-order valence-corrected chi connectivity index (χ0v) is 11.6. The van der Waals surface area contributed by atoms with Crippen molar-refractivity contribution in [2.75, 3.05) is 5.88 Å². The first-order valence-electron chi connectivity index (χ1n) is 6.08. The molecule has 0 radical (unpaired) electrons. The normalized spacial score (nSPS) is 11.3. The monoisotopic (exact) mass is 275 g/mol. The van der Waals surface area contributed by atoms with Crippen molar-refractivity contribution in [1.82, 2.24) is 24.3 Å². The summed E-state index contributed by atoms with van der Waals surface area (Å²) in [6.07, 6.45) is 6.26. The fraction of sp³-hybridized carbons (Fsp3) is 0.308. The average Bonchev–Trinajstić information content (AvgIpc) is 2.89. The van der Waals surface area contributed by atoms with Crippen LogP contribution in [0.3, 0.4) is 0 Å². The van der Waals surface area contributed by atoms with E-state index in [1.807, 2.05) is 30.9 Å². The Bertz CT molecular complexity index is 728. The summed E-state index contributed by atoms with van der Waals surface area (Å²) in [5, 5.41) is 4.39. The molecule has 5 nitrogen and oxygen atoms in total. The molecule has 3 rings (SSSR count). The van der Waals surface area contributed by atoms with Crippen LogP contribution in [0.5, 0.6) is 0 Å². The van der Waals surface area contributed by atoms with Gasteiger partial charge >= 0.3 is 0 Å². The van der Waals surface area contributed by atoms with Crippen molar-refractivity contribution in [3.8, 4) is 5.69 Å². The number of hydrogen-bond acceptors (Lipinski definition) is 3. The number of fused-ring (bicyclic) bond motifs is 1. The van der Waals surface area contributed by atoms with Crippen LogP contribution in [0.25, 0.3) is 16.7 Å². The van der Waals surface area contributed by atoms with E-state index in [9.17, 15) is 0 Å². The van der Waals surface area contributed by atoms with Gasteiger partial charge in [-0.2, -0.15) is 5.10 Å². The Labute approximate surface area is 115 Å². The Morgan fingerprint density at radius 1 is 1.37 bits per heavy atom. The molecule has 0 bridgehead atoms. The summed E-state index contributed by atoms with van der Waals surface area (Å²) >= 11 is 5.88. The SMILES string of the molecule is Cc1nn(C)cc1-n1c(CCCl)nc2cnccc21. The molecule has 0 saturated carbocycles. The summed E-state index contributed by atoms with van der Waals surface area (Å²) in [5.41, 5.74) is 3.92. The summed E-state index contributed by atoms with van der Waals surface area (Å²) in [6, 6.07) is 1.96. The van der Waals surface area contributed by atoms with E-state index in [-0.39, 0.29) is 0 Å². The minimum Gasteiger partial charge on any atom is -0.293 e. The van der Waals surface area contributed by atoms with E-state index < -0.39 is 0 Å². The number of aromatic nitrogens is 5. The molecule has 0 fully saturated rings. The highest BCUT2D eigenvalue weighted by Gasteiger charge is 2.15. The second-order valence-corrected chi connectivity index (χ2v) is 4.82. The summed E-state index contributed by atoms with van der Waals surface area (Å²) in [5.74, 6) is 1.48. The van der Waals surface area contributed by atoms with Crippen LogP contribution in [0.15, 0.2) is 24.7 Å². The van der Waals surface area contributed by atoms with Gasteiger partial charge in [-0.1, -0.05) is 0 Å². The first-order valence-corrected chi connectivity index (χ1v) is 6.62. The topological polar surface area (TPSA) is 48.5 Å². The highest BCUT2D eigenvalue weighted by Crippen LogP contribution is 2.23. The zero-order chi connectivity index (χ0) is 13.4. The first kappa shape index (κ1) is 12.2. The molecule has 0 aromatic carbocycles. The van der Waals surface area contributed by atoms with Crippen molar-refractivity contribution >= 4 is 22.6 Å². The van der Waals surface area contributed by atoms with Gasteiger partial charge in [0.1, 0.15) is 11.3 Å². The summed E-state index contributed by atoms with van der Waals surface area (Å²) in [4.78, 5) is 8.73. The summed E-state index contributed by atoms with van der Waals surface area (Å²) < 4.78 is 3.92. The van der Waals surface area contributed by atoms with Crippen molar-refractivity contribution in [1.29, 1.82) is 0 Å². The van der Waals surface area contributed by atoms with Gasteiger partial charge in [0.15, 0.2) is 0 Å². The second-order valence-electron chi connectivity index (χ2n) is 4.44. The van der Waals surface area contributed by atoms with Gasteiger partial charge < -0.3 is 0 Å². The van der Waals surface area contributed by atoms with Crippen molar-refractivity contribution in [3.05, 3.63) is 36.2 Å². The number of imidazole rings is 1. The Balaban J connectivity index is 2.31. The lowest BCUT2D eigenvalue weighted by Crippen LogP contribution is -2.02. The van der Waals surface area contributed by atoms with Crippen LogP contribution in [-0.2, 0) is 13.5 Å². The quantitative estimate of drug-likeness (QED) is 0.689. The number of hydrogen-bond donors (Lipinski definition) is 0. The van der Waals surface area contributed by atoms with Crippen molar-refractivity contribution < 1.29 is 0 Å². The van der Waals surface area contributed by atoms with Crippen LogP contribution < -0.4 is 0 Å². The first-order chi connectivity index (χ1) is 9.20. The lowest BCUT2D eigenvalue weighted by Gasteiger charge is -2.06. The number of aryl methyl sites for hydroxylation is 3. The van der Waals surface area contributed by atoms with Crippen LogP contribution in [0, 0.1) is 6.92 Å². The molecule has 19 heavy (non-hydrogen) atoms. The molecule has 98 valence electrons. The van der Waals surface area contributed by atoms with Crippen LogP contribution in [-0.4, -0.2) is 30.2 Å². The van der Waals surface area contributed by atoms with E-state index in [0.29, 0.717) is 12.3 Å². The molecular formula is C13H14ClN5. The number of alkyl halides is 1. The third-order valence-corrected chi connectivity index (χ3v) is 3.26. The van der Waals surface area contributed by atoms with Crippen molar-refractivity contribution in [2.24, 2.45) is 7.05 Å². The largest absolute Gasteiger partial charge is 0.293 e. The molecule has 0 atom stereocenters. The molecule has 3 heterocycles. The molecule has 6 heteroatoms. The minimum absolute atomic E-state index is 0.538. The average molecular weight is 276 g/mol. The molecular weight excluding hydrogens is 262 g/mol. The fourth-order valence-corrected chi connectivity index (χ4v) is 2.48. The van der Waals surface area contributed by atoms with Gasteiger partial charge in [0, 0.05) is 31.7 Å². The predicted octanol–water partition coefficient (Wildman–Crippen LogP) is 2.24. The predicted molar refractivity (Wildman–Crippen MR) is 74.8 cm³/mol. The van der Waals surface area contributed by atoms with E-state index in [0.717, 1.165) is 28.2 Å². The third kappa shape index (κ3) is 2.00. The molecule has 3 aromatic rings. The number of pyridine rings is 1. The number of rotatable bonds is 3. The molecule has 0 amide bonds. The van der Waals surface area contributed by atoms with Gasteiger partial charge in [0.25, 0.3) is 0 Å². The summed E-state index contributed by atoms with van der Waals surface area (Å²) in [6.45, 7) is 1.99. The molecule has 3 aromatic heterocycles. The Morgan fingerprint density at radius 3 is 2.89 bits per heavy atom. The highest BCUT2D eigenvalue weighted by atomic mass is 35.5. The molecule has 0 N–H and O–H groups in total. The van der Waals surface area contributed by atoms with Gasteiger partial charge in [-0.05, 0) is 13.0 Å². The van der Waals surface area contributed by atoms with Gasteiger partial charge in [-0.3, -0.25) is 14.2 Å². The van der Waals surface area contributed by atoms with Crippen LogP contribution in [0.4, 0.5) is 0 Å². The van der Waals surface area contributed by atoms with Crippen molar-refractivity contribution in [3.63, 3.8) is 0 Å². The van der Waals surface area contributed by atoms with E-state index in [1.165, 1.54) is 0 Å². The Kier molecular flexibility index (Phi) is 2.98. The zero-order valence-electron chi connectivity index (χ0n) is 10.8. The highest BCUT2D eigenvalue weighted by molar-refractivity contribution is 6.17. The fourth-order valence-electron chi connectivity index (χ4n) is 2.31. The van der Waals surface area contributed by atoms with E-state index in [1.54, 1.807) is 12.4 Å². The van der Waals surface area contributed by atoms with E-state index >= 15 is 0 Å². The standard InChI is InChI=1S/C13H14ClN5/c1-9-12(8-18(2)17-9)19-11-4-6-15-7-10(11)16-13(19)3-5-14/h4,6-8H,3,5H2,1-2H3. The van der Waals surface area contributed by atoms with Gasteiger partial charge in [-0.15, -0.1) is 11.6 Å². The molecule has 0 aliphatic rings. The van der Waals surface area contributed by atoms with Gasteiger partial charge in [0.2, 0.25) is 0 Å². The molecule has 0 aliphatic heterocycles. The molecule has 0 saturated heterocycles. The second kappa shape index (κ2) is 4.66. The number of nitrogens with zero attached hydrogens (tertiary/aromatic N) is 5. The van der Waals surface area contributed by atoms with Crippen LogP contribution in [0.1, 0.15) is 11.5 Å². The lowest BCUT2D eigenvalue weighted by molar-refractivity contribution is 0.756. The van der Waals surface area contributed by atoms with Gasteiger partial charge in [0.05, 0.1) is 23.1 Å². The molecule has 0 spiro atoms. The maximum absolute atomic E-state index is 5.88. The lowest BCUT2D eigenvalue weighted by atomic mass is 10.3. The molecule has 0 unspecified atom stereocenters. The molecule has 0 aliphatic carbocycles. The maximum Gasteiger partial charge on any atom is 0.115 e. The van der Waals surface area contributed by atoms with Crippen LogP contribution >= 0.6 is 11.6 Å². The maximum atomic E-state index is 5.88. The van der Waals surface area contributed by atoms with E-state index in [2.05, 4.69) is 19.6 Å². The number of halogens is 1. The Hall–Kier alpha value is -1.88. The van der Waals surface area contributed by atoms with E-state index in [4.69, 9.17) is 11.6 Å². The third-order valence-electron chi connectivity index (χ3n) is 3.07.